The van der Waals surface area contributed by atoms with Crippen LogP contribution in [0.15, 0.2) is 54.3 Å². The Morgan fingerprint density at radius 2 is 1.90 bits per heavy atom. The van der Waals surface area contributed by atoms with Gasteiger partial charge in [0.1, 0.15) is 11.6 Å². The second-order valence-corrected chi connectivity index (χ2v) is 6.88. The van der Waals surface area contributed by atoms with Crippen LogP contribution in [0.1, 0.15) is 22.5 Å². The molecule has 0 spiro atoms. The van der Waals surface area contributed by atoms with Crippen LogP contribution >= 0.6 is 0 Å². The Morgan fingerprint density at radius 3 is 2.50 bits per heavy atom. The minimum absolute atomic E-state index is 0.00915. The molecule has 152 valence electrons. The van der Waals surface area contributed by atoms with Gasteiger partial charge in [0.15, 0.2) is 5.82 Å². The number of nitrogen functional groups attached to an aromatic ring is 1. The number of tetrazole rings is 1. The number of ether oxygens (including phenoxy) is 1. The maximum atomic E-state index is 13.2. The van der Waals surface area contributed by atoms with Crippen molar-refractivity contribution in [3.63, 3.8) is 0 Å². The Bertz CT molecular complexity index is 1090. The van der Waals surface area contributed by atoms with Crippen molar-refractivity contribution < 1.29 is 9.53 Å². The molecule has 0 aliphatic carbocycles. The maximum absolute atomic E-state index is 13.2. The van der Waals surface area contributed by atoms with Crippen LogP contribution in [-0.4, -0.2) is 46.0 Å². The molecule has 0 saturated heterocycles. The van der Waals surface area contributed by atoms with Crippen molar-refractivity contribution >= 4 is 23.0 Å². The number of anilines is 1. The molecule has 2 heterocycles. The van der Waals surface area contributed by atoms with Crippen molar-refractivity contribution in [3.05, 3.63) is 76.8 Å². The highest BCUT2D eigenvalue weighted by molar-refractivity contribution is 6.29. The zero-order valence-electron chi connectivity index (χ0n) is 16.4. The van der Waals surface area contributed by atoms with Crippen LogP contribution in [0.25, 0.3) is 5.57 Å². The van der Waals surface area contributed by atoms with E-state index in [4.69, 9.17) is 15.9 Å². The molecule has 0 bridgehead atoms. The summed E-state index contributed by atoms with van der Waals surface area (Å²) < 4.78 is 5.53. The summed E-state index contributed by atoms with van der Waals surface area (Å²) >= 11 is 0. The smallest absolute Gasteiger partial charge is 0.262 e. The summed E-state index contributed by atoms with van der Waals surface area (Å²) in [4.78, 5) is 14.8. The second-order valence-electron chi connectivity index (χ2n) is 6.88. The molecular formula is C21H21N7O2. The number of aromatic amines is 1. The number of nitrogens with zero attached hydrogens (tertiary/aromatic N) is 4. The highest BCUT2D eigenvalue weighted by atomic mass is 16.5. The van der Waals surface area contributed by atoms with Gasteiger partial charge < -0.3 is 15.4 Å². The molecule has 1 aromatic heterocycles. The Hall–Kier alpha value is -4.01. The molecule has 3 aromatic rings. The molecule has 4 rings (SSSR count). The minimum Gasteiger partial charge on any atom is -0.498 e. The lowest BCUT2D eigenvalue weighted by Crippen LogP contribution is -2.26. The van der Waals surface area contributed by atoms with Gasteiger partial charge in [0.2, 0.25) is 0 Å². The number of rotatable bonds is 7. The van der Waals surface area contributed by atoms with Crippen LogP contribution < -0.4 is 10.6 Å². The Labute approximate surface area is 173 Å². The second kappa shape index (κ2) is 8.16. The molecule has 30 heavy (non-hydrogen) atoms. The van der Waals surface area contributed by atoms with Gasteiger partial charge in [0.25, 0.3) is 5.91 Å². The predicted molar refractivity (Wildman–Crippen MR) is 112 cm³/mol. The van der Waals surface area contributed by atoms with E-state index >= 15 is 0 Å². The monoisotopic (exact) mass is 403 g/mol. The quantitative estimate of drug-likeness (QED) is 0.406. The van der Waals surface area contributed by atoms with E-state index in [2.05, 4.69) is 20.6 Å². The lowest BCUT2D eigenvalue weighted by atomic mass is 10.0. The number of carbonyl (C=O) groups excluding carboxylic acids is 1. The topological polar surface area (TPSA) is 134 Å². The molecule has 0 radical (unpaired) electrons. The van der Waals surface area contributed by atoms with E-state index < -0.39 is 0 Å². The first-order chi connectivity index (χ1) is 14.6. The fraction of sp³-hybridized carbons (Fsp3) is 0.190. The number of hydrogen-bond donors (Lipinski definition) is 3. The van der Waals surface area contributed by atoms with Crippen molar-refractivity contribution in [2.75, 3.05) is 18.6 Å². The summed E-state index contributed by atoms with van der Waals surface area (Å²) in [6.07, 6.45) is 1.46. The number of amides is 1. The molecule has 1 aliphatic heterocycles. The van der Waals surface area contributed by atoms with Gasteiger partial charge >= 0.3 is 0 Å². The molecule has 0 saturated carbocycles. The first-order valence-corrected chi connectivity index (χ1v) is 9.42. The molecular weight excluding hydrogens is 382 g/mol. The van der Waals surface area contributed by atoms with E-state index in [1.165, 1.54) is 0 Å². The summed E-state index contributed by atoms with van der Waals surface area (Å²) in [6.45, 7) is 0.351. The third kappa shape index (κ3) is 3.77. The fourth-order valence-corrected chi connectivity index (χ4v) is 3.41. The summed E-state index contributed by atoms with van der Waals surface area (Å²) in [5.74, 6) is 1.16. The number of nitrogens with one attached hydrogen (secondary N) is 2. The first-order valence-electron chi connectivity index (χ1n) is 9.42. The average molecular weight is 403 g/mol. The molecule has 1 amide bonds. The highest BCUT2D eigenvalue weighted by Gasteiger charge is 2.33. The predicted octanol–water partition coefficient (Wildman–Crippen LogP) is 1.67. The largest absolute Gasteiger partial charge is 0.498 e. The standard InChI is InChI=1S/C21H21N7O2/c1-30-17-12-28(16-9-7-15(8-10-16)20(22)23)21(29)19(17)14-5-2-13(3-6-14)4-11-18-24-26-27-25-18/h2-3,5-10H,4,11-12H2,1H3,(H3,22,23)(H,24,25,26,27). The van der Waals surface area contributed by atoms with E-state index in [0.717, 1.165) is 23.2 Å². The number of aryl methyl sites for hydroxylation is 2. The van der Waals surface area contributed by atoms with E-state index in [1.54, 1.807) is 36.3 Å². The molecule has 2 aromatic carbocycles. The van der Waals surface area contributed by atoms with Gasteiger partial charge in [-0.1, -0.05) is 29.5 Å². The van der Waals surface area contributed by atoms with Gasteiger partial charge in [-0.2, -0.15) is 5.21 Å². The van der Waals surface area contributed by atoms with Gasteiger partial charge in [-0.15, -0.1) is 10.2 Å². The molecule has 9 nitrogen and oxygen atoms in total. The number of methoxy groups -OCH3 is 1. The summed E-state index contributed by atoms with van der Waals surface area (Å²) in [6, 6.07) is 14.9. The molecule has 0 unspecified atom stereocenters. The van der Waals surface area contributed by atoms with E-state index in [9.17, 15) is 4.79 Å². The van der Waals surface area contributed by atoms with Crippen molar-refractivity contribution in [2.24, 2.45) is 5.73 Å². The molecule has 1 aliphatic rings. The van der Waals surface area contributed by atoms with E-state index in [1.807, 2.05) is 24.3 Å². The molecule has 4 N–H and O–H groups in total. The van der Waals surface area contributed by atoms with Gasteiger partial charge in [0.05, 0.1) is 19.2 Å². The molecule has 0 atom stereocenters. The van der Waals surface area contributed by atoms with Gasteiger partial charge in [-0.25, -0.2) is 0 Å². The minimum atomic E-state index is -0.123. The number of amidine groups is 1. The molecule has 0 fully saturated rings. The van der Waals surface area contributed by atoms with Crippen molar-refractivity contribution in [1.82, 2.24) is 20.6 Å². The highest BCUT2D eigenvalue weighted by Crippen LogP contribution is 2.32. The third-order valence-electron chi connectivity index (χ3n) is 5.05. The van der Waals surface area contributed by atoms with Crippen molar-refractivity contribution in [2.45, 2.75) is 12.8 Å². The number of H-pyrrole nitrogens is 1. The lowest BCUT2D eigenvalue weighted by Gasteiger charge is -2.17. The zero-order valence-corrected chi connectivity index (χ0v) is 16.4. The van der Waals surface area contributed by atoms with E-state index in [0.29, 0.717) is 35.7 Å². The van der Waals surface area contributed by atoms with Crippen LogP contribution in [0, 0.1) is 5.41 Å². The van der Waals surface area contributed by atoms with Gasteiger partial charge in [-0.3, -0.25) is 10.2 Å². The zero-order chi connectivity index (χ0) is 21.1. The number of nitrogens with two attached hydrogens (primary N) is 1. The van der Waals surface area contributed by atoms with Crippen LogP contribution in [0.5, 0.6) is 0 Å². The van der Waals surface area contributed by atoms with Crippen LogP contribution in [0.2, 0.25) is 0 Å². The SMILES string of the molecule is COC1=C(c2ccc(CCc3nn[nH]n3)cc2)C(=O)N(c2ccc(C(=N)N)cc2)C1. The van der Waals surface area contributed by atoms with Gasteiger partial charge in [0, 0.05) is 17.7 Å². The Morgan fingerprint density at radius 1 is 1.17 bits per heavy atom. The third-order valence-corrected chi connectivity index (χ3v) is 5.05. The molecule has 9 heteroatoms. The number of hydrogen-bond acceptors (Lipinski definition) is 6. The number of aromatic nitrogens is 4. The Balaban J connectivity index is 1.52. The normalized spacial score (nSPS) is 13.8. The average Bonchev–Trinajstić information content (AvgIpc) is 3.40. The van der Waals surface area contributed by atoms with Crippen LogP contribution in [0.3, 0.4) is 0 Å². The van der Waals surface area contributed by atoms with Crippen molar-refractivity contribution in [1.29, 1.82) is 5.41 Å². The summed E-state index contributed by atoms with van der Waals surface area (Å²) in [5.41, 5.74) is 9.33. The van der Waals surface area contributed by atoms with E-state index in [-0.39, 0.29) is 11.7 Å². The number of carbonyl (C=O) groups is 1. The van der Waals surface area contributed by atoms with Crippen LogP contribution in [0.4, 0.5) is 5.69 Å². The van der Waals surface area contributed by atoms with Crippen LogP contribution in [-0.2, 0) is 22.4 Å². The summed E-state index contributed by atoms with van der Waals surface area (Å²) in [5, 5.41) is 21.4. The fourth-order valence-electron chi connectivity index (χ4n) is 3.41. The first kappa shape index (κ1) is 19.3. The van der Waals surface area contributed by atoms with Crippen molar-refractivity contribution in [3.8, 4) is 0 Å². The Kier molecular flexibility index (Phi) is 5.25. The number of benzene rings is 2. The lowest BCUT2D eigenvalue weighted by molar-refractivity contribution is -0.112. The van der Waals surface area contributed by atoms with Gasteiger partial charge in [-0.05, 0) is 41.8 Å². The summed E-state index contributed by atoms with van der Waals surface area (Å²) in [7, 11) is 1.57. The maximum Gasteiger partial charge on any atom is 0.262 e.